The fraction of sp³-hybridized carbons (Fsp3) is 0.600. The van der Waals surface area contributed by atoms with E-state index >= 15 is 0 Å². The van der Waals surface area contributed by atoms with Gasteiger partial charge in [0.25, 0.3) is 0 Å². The van der Waals surface area contributed by atoms with Crippen molar-refractivity contribution in [2.75, 3.05) is 11.9 Å². The van der Waals surface area contributed by atoms with E-state index in [0.29, 0.717) is 0 Å². The normalized spacial score (nSPS) is 10.4. The molecule has 19 heavy (non-hydrogen) atoms. The molecule has 0 spiro atoms. The minimum Gasteiger partial charge on any atom is -0.478 e. The van der Waals surface area contributed by atoms with Crippen LogP contribution in [0.4, 0.5) is 5.82 Å². The number of carbonyl (C=O) groups is 1. The van der Waals surface area contributed by atoms with E-state index in [1.54, 1.807) is 12.1 Å². The predicted octanol–water partition coefficient (Wildman–Crippen LogP) is 3.94. The Kier molecular flexibility index (Phi) is 7.63. The first kappa shape index (κ1) is 15.5. The Hall–Kier alpha value is -1.58. The Balaban J connectivity index is 2.07. The number of unbranched alkanes of at least 4 members (excludes halogenated alkanes) is 6. The van der Waals surface area contributed by atoms with Crippen LogP contribution in [0, 0.1) is 0 Å². The lowest BCUT2D eigenvalue weighted by Gasteiger charge is -2.05. The molecule has 0 bridgehead atoms. The average Bonchev–Trinajstić information content (AvgIpc) is 2.42. The number of anilines is 1. The number of carboxylic acid groups (broad SMARTS) is 1. The molecule has 0 fully saturated rings. The van der Waals surface area contributed by atoms with Gasteiger partial charge in [-0.3, -0.25) is 0 Å². The van der Waals surface area contributed by atoms with E-state index in [1.165, 1.54) is 44.7 Å². The van der Waals surface area contributed by atoms with Gasteiger partial charge in [-0.1, -0.05) is 45.4 Å². The van der Waals surface area contributed by atoms with E-state index in [4.69, 9.17) is 5.11 Å². The molecule has 2 N–H and O–H groups in total. The van der Waals surface area contributed by atoms with Crippen LogP contribution in [0.15, 0.2) is 18.3 Å². The molecular formula is C15H24N2O2. The van der Waals surface area contributed by atoms with Crippen molar-refractivity contribution < 1.29 is 9.90 Å². The van der Waals surface area contributed by atoms with Gasteiger partial charge in [0.15, 0.2) is 0 Å². The molecule has 0 aromatic carbocycles. The summed E-state index contributed by atoms with van der Waals surface area (Å²) < 4.78 is 0. The van der Waals surface area contributed by atoms with Crippen LogP contribution in [0.5, 0.6) is 0 Å². The molecule has 0 saturated heterocycles. The van der Waals surface area contributed by atoms with Gasteiger partial charge < -0.3 is 10.4 Å². The van der Waals surface area contributed by atoms with Crippen molar-refractivity contribution in [2.24, 2.45) is 0 Å². The number of nitrogens with zero attached hydrogens (tertiary/aromatic N) is 1. The largest absolute Gasteiger partial charge is 0.478 e. The number of hydrogen-bond donors (Lipinski definition) is 2. The van der Waals surface area contributed by atoms with E-state index < -0.39 is 5.97 Å². The highest BCUT2D eigenvalue weighted by Gasteiger charge is 2.02. The third-order valence-electron chi connectivity index (χ3n) is 3.10. The molecule has 0 unspecified atom stereocenters. The lowest BCUT2D eigenvalue weighted by atomic mass is 10.1. The van der Waals surface area contributed by atoms with Crippen LogP contribution >= 0.6 is 0 Å². The molecule has 0 saturated carbocycles. The maximum Gasteiger partial charge on any atom is 0.337 e. The monoisotopic (exact) mass is 264 g/mol. The first-order chi connectivity index (χ1) is 9.24. The van der Waals surface area contributed by atoms with Crippen molar-refractivity contribution in [1.29, 1.82) is 0 Å². The summed E-state index contributed by atoms with van der Waals surface area (Å²) >= 11 is 0. The Morgan fingerprint density at radius 3 is 2.42 bits per heavy atom. The molecule has 106 valence electrons. The summed E-state index contributed by atoms with van der Waals surface area (Å²) in [6.07, 6.45) is 10.4. The molecule has 0 atom stereocenters. The smallest absolute Gasteiger partial charge is 0.337 e. The fourth-order valence-corrected chi connectivity index (χ4v) is 1.92. The summed E-state index contributed by atoms with van der Waals surface area (Å²) in [5.74, 6) is -0.192. The molecule has 4 nitrogen and oxygen atoms in total. The first-order valence-electron chi connectivity index (χ1n) is 7.17. The summed E-state index contributed by atoms with van der Waals surface area (Å²) in [7, 11) is 0. The molecule has 1 heterocycles. The third kappa shape index (κ3) is 6.79. The second-order valence-electron chi connectivity index (χ2n) is 4.79. The van der Waals surface area contributed by atoms with Crippen LogP contribution in [0.25, 0.3) is 0 Å². The van der Waals surface area contributed by atoms with Crippen LogP contribution in [0.1, 0.15) is 62.2 Å². The van der Waals surface area contributed by atoms with Crippen LogP contribution in [0.3, 0.4) is 0 Å². The standard InChI is InChI=1S/C15H24N2O2/c1-2-3-4-5-6-7-8-11-16-14-10-9-13(12-17-14)15(18)19/h9-10,12H,2-8,11H2,1H3,(H,16,17)(H,18,19). The van der Waals surface area contributed by atoms with Gasteiger partial charge in [0, 0.05) is 12.7 Å². The Labute approximate surface area is 115 Å². The lowest BCUT2D eigenvalue weighted by Crippen LogP contribution is -2.04. The van der Waals surface area contributed by atoms with E-state index in [1.807, 2.05) is 0 Å². The number of pyridine rings is 1. The molecule has 0 aliphatic carbocycles. The van der Waals surface area contributed by atoms with Gasteiger partial charge in [-0.2, -0.15) is 0 Å². The minimum atomic E-state index is -0.939. The lowest BCUT2D eigenvalue weighted by molar-refractivity contribution is 0.0696. The van der Waals surface area contributed by atoms with Crippen molar-refractivity contribution in [2.45, 2.75) is 51.9 Å². The van der Waals surface area contributed by atoms with Crippen LogP contribution in [-0.4, -0.2) is 22.6 Å². The number of rotatable bonds is 10. The average molecular weight is 264 g/mol. The SMILES string of the molecule is CCCCCCCCCNc1ccc(C(=O)O)cn1. The van der Waals surface area contributed by atoms with Crippen molar-refractivity contribution in [1.82, 2.24) is 4.98 Å². The molecule has 0 aliphatic heterocycles. The molecular weight excluding hydrogens is 240 g/mol. The number of aromatic carboxylic acids is 1. The predicted molar refractivity (Wildman–Crippen MR) is 77.7 cm³/mol. The van der Waals surface area contributed by atoms with Crippen molar-refractivity contribution in [3.8, 4) is 0 Å². The minimum absolute atomic E-state index is 0.224. The molecule has 0 aliphatic rings. The molecule has 1 aromatic heterocycles. The van der Waals surface area contributed by atoms with Gasteiger partial charge in [-0.25, -0.2) is 9.78 Å². The topological polar surface area (TPSA) is 62.2 Å². The van der Waals surface area contributed by atoms with E-state index in [-0.39, 0.29) is 5.56 Å². The van der Waals surface area contributed by atoms with E-state index in [0.717, 1.165) is 18.8 Å². The summed E-state index contributed by atoms with van der Waals surface area (Å²) in [6, 6.07) is 3.28. The molecule has 0 amide bonds. The van der Waals surface area contributed by atoms with Gasteiger partial charge in [0.05, 0.1) is 5.56 Å². The second kappa shape index (κ2) is 9.36. The van der Waals surface area contributed by atoms with Gasteiger partial charge in [0.1, 0.15) is 5.82 Å². The summed E-state index contributed by atoms with van der Waals surface area (Å²) in [4.78, 5) is 14.7. The Bertz CT molecular complexity index is 363. The van der Waals surface area contributed by atoms with Crippen molar-refractivity contribution >= 4 is 11.8 Å². The third-order valence-corrected chi connectivity index (χ3v) is 3.10. The Morgan fingerprint density at radius 1 is 1.16 bits per heavy atom. The van der Waals surface area contributed by atoms with Crippen molar-refractivity contribution in [3.63, 3.8) is 0 Å². The number of carboxylic acids is 1. The Morgan fingerprint density at radius 2 is 1.84 bits per heavy atom. The van der Waals surface area contributed by atoms with Gasteiger partial charge in [-0.15, -0.1) is 0 Å². The highest BCUT2D eigenvalue weighted by molar-refractivity contribution is 5.87. The molecule has 1 aromatic rings. The van der Waals surface area contributed by atoms with Gasteiger partial charge >= 0.3 is 5.97 Å². The number of aromatic nitrogens is 1. The maximum absolute atomic E-state index is 10.7. The fourth-order valence-electron chi connectivity index (χ4n) is 1.92. The molecule has 4 heteroatoms. The zero-order chi connectivity index (χ0) is 13.9. The number of nitrogens with one attached hydrogen (secondary N) is 1. The summed E-state index contributed by atoms with van der Waals surface area (Å²) in [5, 5.41) is 12.0. The summed E-state index contributed by atoms with van der Waals surface area (Å²) in [6.45, 7) is 3.12. The highest BCUT2D eigenvalue weighted by Crippen LogP contribution is 2.08. The van der Waals surface area contributed by atoms with E-state index in [9.17, 15) is 4.79 Å². The molecule has 1 rings (SSSR count). The second-order valence-corrected chi connectivity index (χ2v) is 4.79. The zero-order valence-corrected chi connectivity index (χ0v) is 11.7. The maximum atomic E-state index is 10.7. The van der Waals surface area contributed by atoms with E-state index in [2.05, 4.69) is 17.2 Å². The van der Waals surface area contributed by atoms with Crippen LogP contribution in [0.2, 0.25) is 0 Å². The quantitative estimate of drug-likeness (QED) is 0.628. The van der Waals surface area contributed by atoms with Gasteiger partial charge in [-0.05, 0) is 18.6 Å². The van der Waals surface area contributed by atoms with Crippen LogP contribution in [-0.2, 0) is 0 Å². The highest BCUT2D eigenvalue weighted by atomic mass is 16.4. The van der Waals surface area contributed by atoms with Gasteiger partial charge in [0.2, 0.25) is 0 Å². The van der Waals surface area contributed by atoms with Crippen molar-refractivity contribution in [3.05, 3.63) is 23.9 Å². The number of hydrogen-bond acceptors (Lipinski definition) is 3. The summed E-state index contributed by atoms with van der Waals surface area (Å²) in [5.41, 5.74) is 0.224. The zero-order valence-electron chi connectivity index (χ0n) is 11.7. The molecule has 0 radical (unpaired) electrons. The van der Waals surface area contributed by atoms with Crippen LogP contribution < -0.4 is 5.32 Å². The first-order valence-corrected chi connectivity index (χ1v) is 7.17.